The highest BCUT2D eigenvalue weighted by atomic mass is 19.1. The van der Waals surface area contributed by atoms with Gasteiger partial charge in [-0.25, -0.2) is 4.39 Å². The lowest BCUT2D eigenvalue weighted by atomic mass is 9.92. The Morgan fingerprint density at radius 3 is 2.50 bits per heavy atom. The van der Waals surface area contributed by atoms with Gasteiger partial charge in [0.25, 0.3) is 0 Å². The highest BCUT2D eigenvalue weighted by Crippen LogP contribution is 2.20. The van der Waals surface area contributed by atoms with Gasteiger partial charge in [0.1, 0.15) is 5.82 Å². The molecule has 0 bridgehead atoms. The van der Waals surface area contributed by atoms with Crippen molar-refractivity contribution in [3.8, 4) is 0 Å². The maximum atomic E-state index is 13.0. The molecular weight excluding hydrogens is 303 g/mol. The van der Waals surface area contributed by atoms with Gasteiger partial charge in [-0.05, 0) is 81.7 Å². The van der Waals surface area contributed by atoms with Gasteiger partial charge >= 0.3 is 0 Å². The quantitative estimate of drug-likeness (QED) is 0.788. The lowest BCUT2D eigenvalue weighted by molar-refractivity contribution is 0.0992. The van der Waals surface area contributed by atoms with Crippen LogP contribution in [-0.4, -0.2) is 35.8 Å². The molecular formula is C20H23FN2O. The van der Waals surface area contributed by atoms with Gasteiger partial charge in [0, 0.05) is 17.0 Å². The van der Waals surface area contributed by atoms with Crippen LogP contribution in [0, 0.1) is 11.7 Å². The predicted molar refractivity (Wildman–Crippen MR) is 92.6 cm³/mol. The van der Waals surface area contributed by atoms with Gasteiger partial charge in [0.2, 0.25) is 0 Å². The summed E-state index contributed by atoms with van der Waals surface area (Å²) in [6.45, 7) is 2.29. The average molecular weight is 326 g/mol. The molecule has 0 spiro atoms. The van der Waals surface area contributed by atoms with Gasteiger partial charge in [0.05, 0.1) is 6.42 Å². The molecule has 0 atom stereocenters. The molecule has 0 N–H and O–H groups in total. The van der Waals surface area contributed by atoms with Crippen LogP contribution in [0.25, 0.3) is 0 Å². The summed E-state index contributed by atoms with van der Waals surface area (Å²) in [6, 6.07) is 11.6. The Kier molecular flexibility index (Phi) is 5.36. The van der Waals surface area contributed by atoms with Crippen molar-refractivity contribution in [1.29, 1.82) is 0 Å². The Morgan fingerprint density at radius 1 is 1.12 bits per heavy atom. The second-order valence-electron chi connectivity index (χ2n) is 6.68. The number of pyridine rings is 1. The lowest BCUT2D eigenvalue weighted by Gasteiger charge is -2.28. The molecule has 1 aromatic heterocycles. The van der Waals surface area contributed by atoms with Crippen LogP contribution in [-0.2, 0) is 12.8 Å². The zero-order valence-electron chi connectivity index (χ0n) is 14.0. The van der Waals surface area contributed by atoms with E-state index in [1.54, 1.807) is 0 Å². The summed E-state index contributed by atoms with van der Waals surface area (Å²) in [4.78, 5) is 19.3. The van der Waals surface area contributed by atoms with E-state index in [9.17, 15) is 9.18 Å². The molecule has 3 rings (SSSR count). The first-order valence-corrected chi connectivity index (χ1v) is 8.52. The largest absolute Gasteiger partial charge is 0.306 e. The zero-order valence-corrected chi connectivity index (χ0v) is 14.0. The molecule has 2 aromatic rings. The molecule has 0 unspecified atom stereocenters. The van der Waals surface area contributed by atoms with Crippen molar-refractivity contribution in [2.24, 2.45) is 5.92 Å². The van der Waals surface area contributed by atoms with Crippen molar-refractivity contribution in [1.82, 2.24) is 9.88 Å². The van der Waals surface area contributed by atoms with E-state index in [4.69, 9.17) is 0 Å². The van der Waals surface area contributed by atoms with Crippen LogP contribution in [0.4, 0.5) is 4.39 Å². The standard InChI is InChI=1S/C20H23FN2O/c1-23-11-9-15(10-12-23)13-18-3-2-4-19(22-18)14-20(24)16-5-7-17(21)8-6-16/h2-8,15H,9-14H2,1H3. The van der Waals surface area contributed by atoms with E-state index in [0.717, 1.165) is 30.9 Å². The van der Waals surface area contributed by atoms with E-state index < -0.39 is 0 Å². The van der Waals surface area contributed by atoms with Crippen molar-refractivity contribution in [3.05, 3.63) is 65.2 Å². The Morgan fingerprint density at radius 2 is 1.79 bits per heavy atom. The number of benzene rings is 1. The second kappa shape index (κ2) is 7.67. The molecule has 1 fully saturated rings. The van der Waals surface area contributed by atoms with Crippen LogP contribution in [0.5, 0.6) is 0 Å². The van der Waals surface area contributed by atoms with Crippen LogP contribution in [0.15, 0.2) is 42.5 Å². The fourth-order valence-corrected chi connectivity index (χ4v) is 3.21. The third kappa shape index (κ3) is 4.48. The average Bonchev–Trinajstić information content (AvgIpc) is 2.58. The minimum Gasteiger partial charge on any atom is -0.306 e. The number of likely N-dealkylation sites (tertiary alicyclic amines) is 1. The minimum atomic E-state index is -0.329. The number of piperidine rings is 1. The maximum absolute atomic E-state index is 13.0. The molecule has 0 aliphatic carbocycles. The van der Waals surface area contributed by atoms with Crippen molar-refractivity contribution in [2.75, 3.05) is 20.1 Å². The number of ketones is 1. The first kappa shape index (κ1) is 16.8. The molecule has 1 aliphatic rings. The van der Waals surface area contributed by atoms with Crippen molar-refractivity contribution in [2.45, 2.75) is 25.7 Å². The number of aromatic nitrogens is 1. The number of rotatable bonds is 5. The number of Topliss-reactive ketones (excluding diaryl/α,β-unsaturated/α-hetero) is 1. The van der Waals surface area contributed by atoms with E-state index >= 15 is 0 Å². The van der Waals surface area contributed by atoms with Crippen LogP contribution >= 0.6 is 0 Å². The highest BCUT2D eigenvalue weighted by Gasteiger charge is 2.17. The second-order valence-corrected chi connectivity index (χ2v) is 6.68. The monoisotopic (exact) mass is 326 g/mol. The van der Waals surface area contributed by atoms with Gasteiger partial charge in [-0.1, -0.05) is 6.07 Å². The van der Waals surface area contributed by atoms with E-state index in [1.165, 1.54) is 37.1 Å². The molecule has 0 saturated carbocycles. The third-order valence-electron chi connectivity index (χ3n) is 4.71. The Balaban J connectivity index is 1.62. The number of carbonyl (C=O) groups is 1. The number of carbonyl (C=O) groups excluding carboxylic acids is 1. The number of hydrogen-bond acceptors (Lipinski definition) is 3. The van der Waals surface area contributed by atoms with Gasteiger partial charge < -0.3 is 4.90 Å². The lowest BCUT2D eigenvalue weighted by Crippen LogP contribution is -2.31. The summed E-state index contributed by atoms with van der Waals surface area (Å²) in [7, 11) is 2.16. The minimum absolute atomic E-state index is 0.0288. The molecule has 0 amide bonds. The molecule has 24 heavy (non-hydrogen) atoms. The zero-order chi connectivity index (χ0) is 16.9. The SMILES string of the molecule is CN1CCC(Cc2cccc(CC(=O)c3ccc(F)cc3)n2)CC1. The fourth-order valence-electron chi connectivity index (χ4n) is 3.21. The Hall–Kier alpha value is -2.07. The summed E-state index contributed by atoms with van der Waals surface area (Å²) in [6.07, 6.45) is 3.65. The molecule has 3 nitrogen and oxygen atoms in total. The molecule has 2 heterocycles. The van der Waals surface area contributed by atoms with E-state index in [-0.39, 0.29) is 18.0 Å². The molecule has 0 radical (unpaired) electrons. The number of halogens is 1. The van der Waals surface area contributed by atoms with E-state index in [0.29, 0.717) is 11.5 Å². The van der Waals surface area contributed by atoms with Gasteiger partial charge in [-0.15, -0.1) is 0 Å². The normalized spacial score (nSPS) is 16.2. The van der Waals surface area contributed by atoms with Gasteiger partial charge in [-0.2, -0.15) is 0 Å². The first-order valence-electron chi connectivity index (χ1n) is 8.52. The molecule has 1 saturated heterocycles. The number of nitrogens with zero attached hydrogens (tertiary/aromatic N) is 2. The van der Waals surface area contributed by atoms with Crippen LogP contribution in [0.3, 0.4) is 0 Å². The van der Waals surface area contributed by atoms with Crippen molar-refractivity contribution in [3.63, 3.8) is 0 Å². The highest BCUT2D eigenvalue weighted by molar-refractivity contribution is 5.97. The summed E-state index contributed by atoms with van der Waals surface area (Å²) >= 11 is 0. The van der Waals surface area contributed by atoms with Crippen LogP contribution < -0.4 is 0 Å². The molecule has 126 valence electrons. The van der Waals surface area contributed by atoms with Gasteiger partial charge in [0.15, 0.2) is 5.78 Å². The Labute approximate surface area is 142 Å². The topological polar surface area (TPSA) is 33.2 Å². The smallest absolute Gasteiger partial charge is 0.168 e. The fraction of sp³-hybridized carbons (Fsp3) is 0.400. The summed E-state index contributed by atoms with van der Waals surface area (Å²) < 4.78 is 13.0. The Bertz CT molecular complexity index is 691. The van der Waals surface area contributed by atoms with E-state index in [1.807, 2.05) is 18.2 Å². The first-order chi connectivity index (χ1) is 11.6. The molecule has 1 aromatic carbocycles. The van der Waals surface area contributed by atoms with Crippen molar-refractivity contribution < 1.29 is 9.18 Å². The molecule has 4 heteroatoms. The maximum Gasteiger partial charge on any atom is 0.168 e. The summed E-state index contributed by atoms with van der Waals surface area (Å²) in [5.74, 6) is 0.320. The summed E-state index contributed by atoms with van der Waals surface area (Å²) in [5.41, 5.74) is 2.38. The third-order valence-corrected chi connectivity index (χ3v) is 4.71. The summed E-state index contributed by atoms with van der Waals surface area (Å²) in [5, 5.41) is 0. The van der Waals surface area contributed by atoms with E-state index in [2.05, 4.69) is 16.9 Å². The van der Waals surface area contributed by atoms with Gasteiger partial charge in [-0.3, -0.25) is 9.78 Å². The van der Waals surface area contributed by atoms with Crippen LogP contribution in [0.1, 0.15) is 34.6 Å². The number of hydrogen-bond donors (Lipinski definition) is 0. The predicted octanol–water partition coefficient (Wildman–Crippen LogP) is 3.53. The molecule has 1 aliphatic heterocycles. The van der Waals surface area contributed by atoms with Crippen molar-refractivity contribution >= 4 is 5.78 Å². The van der Waals surface area contributed by atoms with Crippen LogP contribution in [0.2, 0.25) is 0 Å².